The summed E-state index contributed by atoms with van der Waals surface area (Å²) in [4.78, 5) is 4.64. The molecule has 0 aliphatic heterocycles. The van der Waals surface area contributed by atoms with Crippen molar-refractivity contribution in [3.63, 3.8) is 0 Å². The molecule has 0 heterocycles. The molecule has 0 aromatic heterocycles. The van der Waals surface area contributed by atoms with Gasteiger partial charge in [0.1, 0.15) is 0 Å². The summed E-state index contributed by atoms with van der Waals surface area (Å²) in [6, 6.07) is 5.44. The van der Waals surface area contributed by atoms with Gasteiger partial charge in [-0.15, -0.1) is 0 Å². The van der Waals surface area contributed by atoms with Gasteiger partial charge >= 0.3 is 0 Å². The van der Waals surface area contributed by atoms with E-state index in [1.165, 1.54) is 44.8 Å². The topological polar surface area (TPSA) is 70.6 Å². The summed E-state index contributed by atoms with van der Waals surface area (Å²) in [6.45, 7) is 3.38. The van der Waals surface area contributed by atoms with Crippen LogP contribution in [-0.2, 0) is 16.4 Å². The van der Waals surface area contributed by atoms with Gasteiger partial charge in [-0.05, 0) is 42.9 Å². The molecule has 2 N–H and O–H groups in total. The zero-order valence-electron chi connectivity index (χ0n) is 15.6. The first-order valence-electron chi connectivity index (χ1n) is 9.14. The largest absolute Gasteiger partial charge is 0.356 e. The summed E-state index contributed by atoms with van der Waals surface area (Å²) < 4.78 is 23.3. The number of hydrogen-bond acceptors (Lipinski definition) is 3. The first kappa shape index (κ1) is 19.8. The van der Waals surface area contributed by atoms with E-state index in [1.807, 2.05) is 19.1 Å². The molecule has 0 atom stereocenters. The molecule has 5 nitrogen and oxygen atoms in total. The zero-order valence-corrected chi connectivity index (χ0v) is 16.5. The van der Waals surface area contributed by atoms with Crippen LogP contribution in [0.1, 0.15) is 49.7 Å². The van der Waals surface area contributed by atoms with Crippen molar-refractivity contribution >= 4 is 15.8 Å². The molecular weight excluding hydrogens is 334 g/mol. The number of benzene rings is 1. The second-order valence-electron chi connectivity index (χ2n) is 7.02. The third-order valence-electron chi connectivity index (χ3n) is 4.88. The summed E-state index contributed by atoms with van der Waals surface area (Å²) in [5.41, 5.74) is 1.82. The van der Waals surface area contributed by atoms with Gasteiger partial charge in [-0.2, -0.15) is 0 Å². The molecule has 2 rings (SSSR count). The van der Waals surface area contributed by atoms with Gasteiger partial charge < -0.3 is 10.6 Å². The highest BCUT2D eigenvalue weighted by Crippen LogP contribution is 2.28. The summed E-state index contributed by atoms with van der Waals surface area (Å²) in [5, 5.41) is 6.65. The molecule has 140 valence electrons. The molecule has 0 radical (unpaired) electrons. The molecule has 0 amide bonds. The van der Waals surface area contributed by atoms with E-state index in [-0.39, 0.29) is 0 Å². The Morgan fingerprint density at radius 2 is 1.96 bits per heavy atom. The van der Waals surface area contributed by atoms with Crippen molar-refractivity contribution < 1.29 is 8.42 Å². The molecule has 1 fully saturated rings. The van der Waals surface area contributed by atoms with Gasteiger partial charge in [-0.3, -0.25) is 4.99 Å². The molecule has 0 saturated heterocycles. The van der Waals surface area contributed by atoms with Crippen molar-refractivity contribution in [3.05, 3.63) is 29.3 Å². The van der Waals surface area contributed by atoms with E-state index in [0.29, 0.717) is 11.4 Å². The van der Waals surface area contributed by atoms with E-state index in [4.69, 9.17) is 0 Å². The molecule has 1 saturated carbocycles. The third-order valence-corrected chi connectivity index (χ3v) is 6.14. The van der Waals surface area contributed by atoms with E-state index in [9.17, 15) is 8.42 Å². The molecule has 1 aromatic carbocycles. The van der Waals surface area contributed by atoms with Gasteiger partial charge in [0, 0.05) is 26.4 Å². The average Bonchev–Trinajstić information content (AvgIpc) is 3.06. The Labute approximate surface area is 152 Å². The van der Waals surface area contributed by atoms with Crippen LogP contribution in [0.2, 0.25) is 0 Å². The van der Waals surface area contributed by atoms with Crippen molar-refractivity contribution in [2.24, 2.45) is 10.9 Å². The van der Waals surface area contributed by atoms with Crippen LogP contribution >= 0.6 is 0 Å². The first-order chi connectivity index (χ1) is 11.9. The zero-order chi connectivity index (χ0) is 18.3. The van der Waals surface area contributed by atoms with Crippen molar-refractivity contribution in [2.45, 2.75) is 56.9 Å². The van der Waals surface area contributed by atoms with E-state index in [1.54, 1.807) is 13.1 Å². The second-order valence-corrected chi connectivity index (χ2v) is 9.00. The molecule has 1 aliphatic rings. The molecular formula is C19H31N3O2S. The average molecular weight is 366 g/mol. The van der Waals surface area contributed by atoms with E-state index in [2.05, 4.69) is 15.6 Å². The van der Waals surface area contributed by atoms with E-state index in [0.717, 1.165) is 29.5 Å². The number of nitrogens with one attached hydrogen (secondary N) is 2. The predicted octanol–water partition coefficient (Wildman–Crippen LogP) is 3.03. The van der Waals surface area contributed by atoms with Crippen molar-refractivity contribution in [1.29, 1.82) is 0 Å². The number of rotatable bonds is 7. The number of nitrogens with zero attached hydrogens (tertiary/aromatic N) is 1. The van der Waals surface area contributed by atoms with Crippen LogP contribution in [0.4, 0.5) is 0 Å². The minimum absolute atomic E-state index is 0.394. The standard InChI is InChI=1S/C19H31N3O2S/c1-15-13-17(10-11-18(15)25(3,23)24)14-22-19(20-2)21-12-6-9-16-7-4-5-8-16/h10-11,13,16H,4-9,12,14H2,1-3H3,(H2,20,21,22). The fraction of sp³-hybridized carbons (Fsp3) is 0.632. The second kappa shape index (κ2) is 9.22. The van der Waals surface area contributed by atoms with Crippen LogP contribution in [0.25, 0.3) is 0 Å². The minimum atomic E-state index is -3.16. The quantitative estimate of drug-likeness (QED) is 0.443. The lowest BCUT2D eigenvalue weighted by Crippen LogP contribution is -2.37. The number of hydrogen-bond donors (Lipinski definition) is 2. The molecule has 1 aliphatic carbocycles. The van der Waals surface area contributed by atoms with Crippen molar-refractivity contribution in [2.75, 3.05) is 19.8 Å². The van der Waals surface area contributed by atoms with Crippen LogP contribution in [0.5, 0.6) is 0 Å². The van der Waals surface area contributed by atoms with Crippen molar-refractivity contribution in [1.82, 2.24) is 10.6 Å². The van der Waals surface area contributed by atoms with Gasteiger partial charge in [0.2, 0.25) is 0 Å². The Bertz CT molecular complexity index is 693. The first-order valence-corrected chi connectivity index (χ1v) is 11.0. The van der Waals surface area contributed by atoms with Gasteiger partial charge in [0.15, 0.2) is 15.8 Å². The van der Waals surface area contributed by atoms with Crippen LogP contribution in [0.3, 0.4) is 0 Å². The lowest BCUT2D eigenvalue weighted by Gasteiger charge is -2.14. The lowest BCUT2D eigenvalue weighted by atomic mass is 10.0. The summed E-state index contributed by atoms with van der Waals surface area (Å²) >= 11 is 0. The maximum Gasteiger partial charge on any atom is 0.191 e. The summed E-state index contributed by atoms with van der Waals surface area (Å²) in [6.07, 6.45) is 9.32. The highest BCUT2D eigenvalue weighted by molar-refractivity contribution is 7.90. The molecule has 25 heavy (non-hydrogen) atoms. The number of aryl methyl sites for hydroxylation is 1. The number of guanidine groups is 1. The highest BCUT2D eigenvalue weighted by Gasteiger charge is 2.14. The maximum atomic E-state index is 11.7. The van der Waals surface area contributed by atoms with Gasteiger partial charge in [0.25, 0.3) is 0 Å². The lowest BCUT2D eigenvalue weighted by molar-refractivity contribution is 0.481. The predicted molar refractivity (Wildman–Crippen MR) is 104 cm³/mol. The van der Waals surface area contributed by atoms with Crippen molar-refractivity contribution in [3.8, 4) is 0 Å². The number of sulfone groups is 1. The Morgan fingerprint density at radius 1 is 1.24 bits per heavy atom. The van der Waals surface area contributed by atoms with E-state index >= 15 is 0 Å². The number of aliphatic imine (C=N–C) groups is 1. The van der Waals surface area contributed by atoms with E-state index < -0.39 is 9.84 Å². The Hall–Kier alpha value is -1.56. The monoisotopic (exact) mass is 365 g/mol. The minimum Gasteiger partial charge on any atom is -0.356 e. The summed E-state index contributed by atoms with van der Waals surface area (Å²) in [7, 11) is -1.40. The van der Waals surface area contributed by atoms with Gasteiger partial charge in [-0.1, -0.05) is 37.8 Å². The fourth-order valence-corrected chi connectivity index (χ4v) is 4.50. The Balaban J connectivity index is 1.77. The molecule has 6 heteroatoms. The SMILES string of the molecule is CN=C(NCCCC1CCCC1)NCc1ccc(S(C)(=O)=O)c(C)c1. The maximum absolute atomic E-state index is 11.7. The molecule has 0 bridgehead atoms. The smallest absolute Gasteiger partial charge is 0.191 e. The third kappa shape index (κ3) is 6.34. The Morgan fingerprint density at radius 3 is 2.56 bits per heavy atom. The van der Waals surface area contributed by atoms with Crippen LogP contribution in [-0.4, -0.2) is 34.2 Å². The molecule has 0 spiro atoms. The fourth-order valence-electron chi connectivity index (χ4n) is 3.54. The molecule has 1 aromatic rings. The highest BCUT2D eigenvalue weighted by atomic mass is 32.2. The van der Waals surface area contributed by atoms with Gasteiger partial charge in [-0.25, -0.2) is 8.42 Å². The normalized spacial score (nSPS) is 16.2. The van der Waals surface area contributed by atoms with Crippen LogP contribution < -0.4 is 10.6 Å². The molecule has 0 unspecified atom stereocenters. The van der Waals surface area contributed by atoms with Gasteiger partial charge in [0.05, 0.1) is 4.90 Å². The van der Waals surface area contributed by atoms with Crippen LogP contribution in [0.15, 0.2) is 28.1 Å². The summed E-state index contributed by atoms with van der Waals surface area (Å²) in [5.74, 6) is 1.71. The van der Waals surface area contributed by atoms with Crippen LogP contribution in [0, 0.1) is 12.8 Å². The Kier molecular flexibility index (Phi) is 7.29.